The number of anilines is 2. The first-order valence-electron chi connectivity index (χ1n) is 7.27. The molecule has 1 aromatic heterocycles. The maximum absolute atomic E-state index is 12.4. The number of carbonyl (C=O) groups excluding carboxylic acids is 2. The maximum Gasteiger partial charge on any atom is 0.231 e. The number of thioether (sulfide) groups is 1. The summed E-state index contributed by atoms with van der Waals surface area (Å²) in [5.74, 6) is 0.340. The number of hydrogen-bond donors (Lipinski definition) is 1. The Morgan fingerprint density at radius 3 is 2.96 bits per heavy atom. The number of rotatable bonds is 5. The molecule has 2 heterocycles. The lowest BCUT2D eigenvalue weighted by Gasteiger charge is -2.16. The minimum atomic E-state index is -0.337. The summed E-state index contributed by atoms with van der Waals surface area (Å²) in [6.45, 7) is 0.414. The number of aromatic nitrogens is 1. The van der Waals surface area contributed by atoms with Crippen LogP contribution in [0.4, 0.5) is 10.8 Å². The molecule has 0 radical (unpaired) electrons. The van der Waals surface area contributed by atoms with Crippen LogP contribution >= 0.6 is 23.1 Å². The van der Waals surface area contributed by atoms with Crippen molar-refractivity contribution >= 4 is 45.7 Å². The molecule has 1 fully saturated rings. The first-order valence-corrected chi connectivity index (χ1v) is 9.54. The molecule has 1 aliphatic heterocycles. The van der Waals surface area contributed by atoms with Gasteiger partial charge in [0.05, 0.1) is 11.6 Å². The van der Waals surface area contributed by atoms with Crippen molar-refractivity contribution in [3.63, 3.8) is 0 Å². The van der Waals surface area contributed by atoms with E-state index in [9.17, 15) is 9.59 Å². The van der Waals surface area contributed by atoms with Gasteiger partial charge in [0.1, 0.15) is 0 Å². The molecule has 0 bridgehead atoms. The molecule has 1 unspecified atom stereocenters. The highest BCUT2D eigenvalue weighted by molar-refractivity contribution is 7.97. The highest BCUT2D eigenvalue weighted by atomic mass is 32.2. The van der Waals surface area contributed by atoms with E-state index in [1.807, 2.05) is 42.0 Å². The molecule has 23 heavy (non-hydrogen) atoms. The Balaban J connectivity index is 1.63. The van der Waals surface area contributed by atoms with Gasteiger partial charge in [-0.25, -0.2) is 4.98 Å². The van der Waals surface area contributed by atoms with E-state index in [1.165, 1.54) is 11.3 Å². The second-order valence-electron chi connectivity index (χ2n) is 5.31. The zero-order valence-electron chi connectivity index (χ0n) is 12.7. The van der Waals surface area contributed by atoms with Crippen LogP contribution in [0.3, 0.4) is 0 Å². The van der Waals surface area contributed by atoms with Crippen LogP contribution in [-0.2, 0) is 15.3 Å². The van der Waals surface area contributed by atoms with Crippen molar-refractivity contribution in [2.45, 2.75) is 12.2 Å². The van der Waals surface area contributed by atoms with Crippen molar-refractivity contribution in [3.05, 3.63) is 41.4 Å². The minimum absolute atomic E-state index is 0.0152. The van der Waals surface area contributed by atoms with Crippen LogP contribution < -0.4 is 10.2 Å². The van der Waals surface area contributed by atoms with Crippen molar-refractivity contribution in [2.24, 2.45) is 5.92 Å². The number of benzene rings is 1. The van der Waals surface area contributed by atoms with Crippen LogP contribution in [0.15, 0.2) is 35.7 Å². The van der Waals surface area contributed by atoms with Crippen molar-refractivity contribution in [1.29, 1.82) is 0 Å². The van der Waals surface area contributed by atoms with Gasteiger partial charge in [0, 0.05) is 29.8 Å². The molecular weight excluding hydrogens is 330 g/mol. The molecule has 5 nitrogen and oxygen atoms in total. The maximum atomic E-state index is 12.4. The molecule has 3 rings (SSSR count). The normalized spacial score (nSPS) is 17.5. The Morgan fingerprint density at radius 2 is 2.22 bits per heavy atom. The summed E-state index contributed by atoms with van der Waals surface area (Å²) in [5, 5.41) is 5.38. The monoisotopic (exact) mass is 347 g/mol. The number of hydrogen-bond acceptors (Lipinski definition) is 5. The summed E-state index contributed by atoms with van der Waals surface area (Å²) in [4.78, 5) is 30.6. The highest BCUT2D eigenvalue weighted by Crippen LogP contribution is 2.26. The Kier molecular flexibility index (Phi) is 4.97. The number of nitrogens with one attached hydrogen (secondary N) is 1. The molecule has 1 N–H and O–H groups in total. The summed E-state index contributed by atoms with van der Waals surface area (Å²) in [6, 6.07) is 9.45. The third kappa shape index (κ3) is 3.73. The van der Waals surface area contributed by atoms with E-state index >= 15 is 0 Å². The minimum Gasteiger partial charge on any atom is -0.312 e. The van der Waals surface area contributed by atoms with E-state index in [0.717, 1.165) is 17.1 Å². The molecule has 1 saturated heterocycles. The third-order valence-electron chi connectivity index (χ3n) is 3.64. The summed E-state index contributed by atoms with van der Waals surface area (Å²) in [7, 11) is 0. The van der Waals surface area contributed by atoms with Crippen molar-refractivity contribution < 1.29 is 9.59 Å². The Morgan fingerprint density at radius 1 is 1.43 bits per heavy atom. The fraction of sp³-hybridized carbons (Fsp3) is 0.312. The molecular formula is C16H17N3O2S2. The molecule has 0 aliphatic carbocycles. The van der Waals surface area contributed by atoms with E-state index in [1.54, 1.807) is 16.7 Å². The van der Waals surface area contributed by atoms with Gasteiger partial charge in [-0.05, 0) is 18.4 Å². The van der Waals surface area contributed by atoms with Crippen molar-refractivity contribution in [2.75, 3.05) is 23.0 Å². The number of carbonyl (C=O) groups is 2. The summed E-state index contributed by atoms with van der Waals surface area (Å²) in [5.41, 5.74) is 1.80. The van der Waals surface area contributed by atoms with Gasteiger partial charge < -0.3 is 10.2 Å². The van der Waals surface area contributed by atoms with Crippen LogP contribution in [0.25, 0.3) is 0 Å². The first kappa shape index (κ1) is 16.0. The number of amides is 2. The topological polar surface area (TPSA) is 62.3 Å². The predicted octanol–water partition coefficient (Wildman–Crippen LogP) is 3.00. The second kappa shape index (κ2) is 7.14. The van der Waals surface area contributed by atoms with Crippen LogP contribution in [0, 0.1) is 5.92 Å². The molecule has 1 aliphatic rings. The van der Waals surface area contributed by atoms with Gasteiger partial charge in [0.25, 0.3) is 0 Å². The average Bonchev–Trinajstić information content (AvgIpc) is 3.15. The van der Waals surface area contributed by atoms with Crippen LogP contribution in [-0.4, -0.2) is 29.6 Å². The summed E-state index contributed by atoms with van der Waals surface area (Å²) >= 11 is 3.11. The molecule has 0 saturated carbocycles. The SMILES string of the molecule is CSCc1csc(NC(=O)C2CC(=O)N(c3ccccc3)C2)n1. The van der Waals surface area contributed by atoms with Gasteiger partial charge in [0.2, 0.25) is 11.8 Å². The van der Waals surface area contributed by atoms with Crippen molar-refractivity contribution in [1.82, 2.24) is 4.98 Å². The van der Waals surface area contributed by atoms with Crippen LogP contribution in [0.1, 0.15) is 12.1 Å². The molecule has 1 aromatic carbocycles. The van der Waals surface area contributed by atoms with E-state index in [4.69, 9.17) is 0 Å². The van der Waals surface area contributed by atoms with E-state index in [-0.39, 0.29) is 24.2 Å². The van der Waals surface area contributed by atoms with E-state index < -0.39 is 0 Å². The largest absolute Gasteiger partial charge is 0.312 e. The van der Waals surface area contributed by atoms with Gasteiger partial charge in [-0.3, -0.25) is 9.59 Å². The van der Waals surface area contributed by atoms with Crippen LogP contribution in [0.5, 0.6) is 0 Å². The molecule has 1 atom stereocenters. The predicted molar refractivity (Wildman–Crippen MR) is 94.9 cm³/mol. The summed E-state index contributed by atoms with van der Waals surface area (Å²) < 4.78 is 0. The Hall–Kier alpha value is -1.86. The Labute approximate surface area is 143 Å². The summed E-state index contributed by atoms with van der Waals surface area (Å²) in [6.07, 6.45) is 2.25. The molecule has 2 amide bonds. The van der Waals surface area contributed by atoms with Crippen LogP contribution in [0.2, 0.25) is 0 Å². The van der Waals surface area contributed by atoms with Gasteiger partial charge >= 0.3 is 0 Å². The molecule has 7 heteroatoms. The number of para-hydroxylation sites is 1. The first-order chi connectivity index (χ1) is 11.2. The fourth-order valence-corrected chi connectivity index (χ4v) is 3.79. The van der Waals surface area contributed by atoms with Crippen molar-refractivity contribution in [3.8, 4) is 0 Å². The lowest BCUT2D eigenvalue weighted by molar-refractivity contribution is -0.122. The second-order valence-corrected chi connectivity index (χ2v) is 7.03. The lowest BCUT2D eigenvalue weighted by atomic mass is 10.1. The fourth-order valence-electron chi connectivity index (χ4n) is 2.53. The Bertz CT molecular complexity index is 702. The van der Waals surface area contributed by atoms with E-state index in [0.29, 0.717) is 11.7 Å². The standard InChI is InChI=1S/C16H17N3O2S2/c1-22-9-12-10-23-16(17-12)18-15(21)11-7-14(20)19(8-11)13-5-3-2-4-6-13/h2-6,10-11H,7-9H2,1H3,(H,17,18,21). The average molecular weight is 347 g/mol. The third-order valence-corrected chi connectivity index (χ3v) is 5.03. The number of nitrogens with zero attached hydrogens (tertiary/aromatic N) is 2. The molecule has 120 valence electrons. The number of thiazole rings is 1. The van der Waals surface area contributed by atoms with Gasteiger partial charge in [-0.2, -0.15) is 11.8 Å². The smallest absolute Gasteiger partial charge is 0.231 e. The molecule has 2 aromatic rings. The highest BCUT2D eigenvalue weighted by Gasteiger charge is 2.35. The molecule has 0 spiro atoms. The quantitative estimate of drug-likeness (QED) is 0.903. The zero-order valence-corrected chi connectivity index (χ0v) is 14.3. The zero-order chi connectivity index (χ0) is 16.2. The van der Waals surface area contributed by atoms with Gasteiger partial charge in [0.15, 0.2) is 5.13 Å². The van der Waals surface area contributed by atoms with E-state index in [2.05, 4.69) is 10.3 Å². The van der Waals surface area contributed by atoms with Gasteiger partial charge in [-0.1, -0.05) is 18.2 Å². The van der Waals surface area contributed by atoms with Gasteiger partial charge in [-0.15, -0.1) is 11.3 Å². The lowest BCUT2D eigenvalue weighted by Crippen LogP contribution is -2.28.